The molecule has 2 saturated heterocycles. The van der Waals surface area contributed by atoms with Crippen molar-refractivity contribution in [1.82, 2.24) is 19.6 Å². The SMILES string of the molecule is CC1C(c2ccc(Cl)cc2N2CCCC(n3ncc(C(=O)O)c3C(F)F)C2)C=CC(N2CCN(CCOC(F)(F)F)CC2)C1C. The van der Waals surface area contributed by atoms with Gasteiger partial charge in [0.2, 0.25) is 0 Å². The van der Waals surface area contributed by atoms with Gasteiger partial charge in [0.25, 0.3) is 6.43 Å². The van der Waals surface area contributed by atoms with Crippen molar-refractivity contribution in [3.8, 4) is 0 Å². The van der Waals surface area contributed by atoms with Crippen molar-refractivity contribution in [1.29, 1.82) is 0 Å². The second kappa shape index (κ2) is 13.9. The number of piperidine rings is 1. The molecule has 2 fully saturated rings. The average molecular weight is 660 g/mol. The van der Waals surface area contributed by atoms with Crippen LogP contribution < -0.4 is 4.90 Å². The fourth-order valence-electron chi connectivity index (χ4n) is 7.13. The molecule has 5 atom stereocenters. The smallest absolute Gasteiger partial charge is 0.478 e. The number of allylic oxidation sites excluding steroid dienone is 1. The van der Waals surface area contributed by atoms with Crippen LogP contribution in [0.4, 0.5) is 27.6 Å². The van der Waals surface area contributed by atoms with Crippen LogP contribution in [0.5, 0.6) is 0 Å². The number of aromatic nitrogens is 2. The van der Waals surface area contributed by atoms with Gasteiger partial charge in [-0.3, -0.25) is 19.2 Å². The lowest BCUT2D eigenvalue weighted by molar-refractivity contribution is -0.325. The van der Waals surface area contributed by atoms with Crippen LogP contribution >= 0.6 is 11.6 Å². The first-order valence-electron chi connectivity index (χ1n) is 15.3. The average Bonchev–Trinajstić information content (AvgIpc) is 3.45. The molecule has 0 saturated carbocycles. The largest absolute Gasteiger partial charge is 0.522 e. The molecule has 45 heavy (non-hydrogen) atoms. The van der Waals surface area contributed by atoms with Gasteiger partial charge in [-0.25, -0.2) is 13.6 Å². The molecule has 2 aliphatic heterocycles. The fourth-order valence-corrected chi connectivity index (χ4v) is 7.30. The summed E-state index contributed by atoms with van der Waals surface area (Å²) in [5.74, 6) is -0.827. The van der Waals surface area contributed by atoms with E-state index in [1.54, 1.807) is 0 Å². The van der Waals surface area contributed by atoms with E-state index in [9.17, 15) is 31.9 Å². The van der Waals surface area contributed by atoms with Crippen LogP contribution in [-0.4, -0.2) is 95.5 Å². The third-order valence-electron chi connectivity index (χ3n) is 9.66. The number of anilines is 1. The van der Waals surface area contributed by atoms with E-state index in [0.29, 0.717) is 44.0 Å². The van der Waals surface area contributed by atoms with Crippen molar-refractivity contribution in [2.75, 3.05) is 57.3 Å². The molecule has 1 aliphatic carbocycles. The maximum absolute atomic E-state index is 14.0. The molecule has 3 aliphatic rings. The summed E-state index contributed by atoms with van der Waals surface area (Å²) in [6.07, 6.45) is -0.805. The zero-order chi connectivity index (χ0) is 32.5. The van der Waals surface area contributed by atoms with E-state index < -0.39 is 36.1 Å². The van der Waals surface area contributed by atoms with Gasteiger partial charge in [-0.05, 0) is 42.4 Å². The zero-order valence-corrected chi connectivity index (χ0v) is 26.0. The Balaban J connectivity index is 1.30. The number of rotatable bonds is 9. The molecule has 0 spiro atoms. The Bertz CT molecular complexity index is 1360. The van der Waals surface area contributed by atoms with E-state index in [1.807, 2.05) is 23.1 Å². The van der Waals surface area contributed by atoms with E-state index in [2.05, 4.69) is 45.6 Å². The van der Waals surface area contributed by atoms with E-state index in [4.69, 9.17) is 11.6 Å². The van der Waals surface area contributed by atoms with Crippen LogP contribution in [0, 0.1) is 11.8 Å². The van der Waals surface area contributed by atoms with E-state index in [0.717, 1.165) is 30.5 Å². The lowest BCUT2D eigenvalue weighted by Gasteiger charge is -2.45. The summed E-state index contributed by atoms with van der Waals surface area (Å²) in [4.78, 5) is 18.1. The molecular formula is C31H39ClF5N5O3. The molecule has 0 amide bonds. The summed E-state index contributed by atoms with van der Waals surface area (Å²) in [5.41, 5.74) is 0.967. The number of alkyl halides is 5. The highest BCUT2D eigenvalue weighted by atomic mass is 35.5. The van der Waals surface area contributed by atoms with Crippen LogP contribution in [0.2, 0.25) is 5.02 Å². The number of carboxylic acids is 1. The highest BCUT2D eigenvalue weighted by Gasteiger charge is 2.38. The van der Waals surface area contributed by atoms with Crippen LogP contribution in [0.3, 0.4) is 0 Å². The normalized spacial score (nSPS) is 27.0. The van der Waals surface area contributed by atoms with Gasteiger partial charge >= 0.3 is 12.3 Å². The van der Waals surface area contributed by atoms with Gasteiger partial charge in [0.15, 0.2) is 0 Å². The number of halogens is 6. The van der Waals surface area contributed by atoms with Gasteiger partial charge in [0.05, 0.1) is 18.8 Å². The fraction of sp³-hybridized carbons (Fsp3) is 0.613. The summed E-state index contributed by atoms with van der Waals surface area (Å²) in [5, 5.41) is 14.1. The summed E-state index contributed by atoms with van der Waals surface area (Å²) < 4.78 is 70.1. The molecular weight excluding hydrogens is 621 g/mol. The molecule has 1 aromatic carbocycles. The number of benzene rings is 1. The Kier molecular flexibility index (Phi) is 10.4. The lowest BCUT2D eigenvalue weighted by atomic mass is 9.71. The number of ether oxygens (including phenoxy) is 1. The Hall–Kier alpha value is -2.74. The molecule has 5 unspecified atom stereocenters. The predicted molar refractivity (Wildman–Crippen MR) is 160 cm³/mol. The van der Waals surface area contributed by atoms with E-state index in [1.165, 1.54) is 4.68 Å². The Morgan fingerprint density at radius 3 is 2.51 bits per heavy atom. The number of aromatic carboxylic acids is 1. The maximum Gasteiger partial charge on any atom is 0.522 e. The minimum atomic E-state index is -4.61. The van der Waals surface area contributed by atoms with Crippen LogP contribution in [0.1, 0.15) is 66.7 Å². The lowest BCUT2D eigenvalue weighted by Crippen LogP contribution is -2.53. The van der Waals surface area contributed by atoms with Crippen molar-refractivity contribution in [2.24, 2.45) is 11.8 Å². The number of hydrogen-bond donors (Lipinski definition) is 1. The number of carboxylic acid groups (broad SMARTS) is 1. The summed E-state index contributed by atoms with van der Waals surface area (Å²) >= 11 is 6.49. The number of hydrogen-bond acceptors (Lipinski definition) is 6. The molecule has 8 nitrogen and oxygen atoms in total. The molecule has 248 valence electrons. The Morgan fingerprint density at radius 1 is 1.11 bits per heavy atom. The first-order chi connectivity index (χ1) is 21.3. The third kappa shape index (κ3) is 7.64. The number of nitrogens with zero attached hydrogens (tertiary/aromatic N) is 5. The van der Waals surface area contributed by atoms with Gasteiger partial charge in [-0.15, -0.1) is 13.2 Å². The Morgan fingerprint density at radius 2 is 1.84 bits per heavy atom. The second-order valence-electron chi connectivity index (χ2n) is 12.2. The topological polar surface area (TPSA) is 74.1 Å². The van der Waals surface area contributed by atoms with Crippen LogP contribution in [0.25, 0.3) is 0 Å². The number of piperazine rings is 1. The molecule has 0 bridgehead atoms. The molecule has 1 aromatic heterocycles. The van der Waals surface area contributed by atoms with Crippen molar-refractivity contribution < 1.29 is 36.6 Å². The minimum absolute atomic E-state index is 0.0737. The molecule has 14 heteroatoms. The van der Waals surface area contributed by atoms with Gasteiger partial charge in [-0.1, -0.05) is 43.7 Å². The standard InChI is InChI=1S/C31H39ClF5N5O3/c1-19-20(2)26(40-12-10-39(11-13-40)14-15-45-31(35,36)37)8-7-23(19)24-6-5-21(32)16-27(24)41-9-3-4-22(18-41)42-28(29(33)34)25(17-38-42)30(43)44/h5-8,16-17,19-20,22-23,26,29H,3-4,9-15,18H2,1-2H3,(H,43,44). The second-order valence-corrected chi connectivity index (χ2v) is 12.7. The summed E-state index contributed by atoms with van der Waals surface area (Å²) in [6.45, 7) is 8.24. The van der Waals surface area contributed by atoms with Crippen molar-refractivity contribution in [2.45, 2.75) is 57.5 Å². The highest BCUT2D eigenvalue weighted by molar-refractivity contribution is 6.30. The van der Waals surface area contributed by atoms with Crippen molar-refractivity contribution in [3.63, 3.8) is 0 Å². The van der Waals surface area contributed by atoms with Crippen LogP contribution in [0.15, 0.2) is 36.5 Å². The first-order valence-corrected chi connectivity index (χ1v) is 15.7. The van der Waals surface area contributed by atoms with Crippen molar-refractivity contribution in [3.05, 3.63) is 58.4 Å². The molecule has 1 N–H and O–H groups in total. The van der Waals surface area contributed by atoms with Gasteiger partial charge in [0.1, 0.15) is 11.3 Å². The minimum Gasteiger partial charge on any atom is -0.478 e. The predicted octanol–water partition coefficient (Wildman–Crippen LogP) is 6.46. The first kappa shape index (κ1) is 33.6. The van der Waals surface area contributed by atoms with Gasteiger partial charge < -0.3 is 10.0 Å². The third-order valence-corrected chi connectivity index (χ3v) is 9.89. The molecule has 2 aromatic rings. The number of carbonyl (C=O) groups is 1. The van der Waals surface area contributed by atoms with E-state index in [-0.39, 0.29) is 36.9 Å². The van der Waals surface area contributed by atoms with E-state index >= 15 is 0 Å². The summed E-state index contributed by atoms with van der Waals surface area (Å²) in [6, 6.07) is 5.57. The van der Waals surface area contributed by atoms with Gasteiger partial charge in [-0.2, -0.15) is 5.10 Å². The van der Waals surface area contributed by atoms with Gasteiger partial charge in [0, 0.05) is 68.5 Å². The van der Waals surface area contributed by atoms with Crippen molar-refractivity contribution >= 4 is 23.3 Å². The zero-order valence-electron chi connectivity index (χ0n) is 25.3. The molecule has 5 rings (SSSR count). The summed E-state index contributed by atoms with van der Waals surface area (Å²) in [7, 11) is 0. The molecule has 3 heterocycles. The molecule has 0 radical (unpaired) electrons. The maximum atomic E-state index is 14.0. The Labute approximate surface area is 264 Å². The van der Waals surface area contributed by atoms with Crippen LogP contribution in [-0.2, 0) is 4.74 Å². The monoisotopic (exact) mass is 659 g/mol. The highest BCUT2D eigenvalue weighted by Crippen LogP contribution is 2.44. The quantitative estimate of drug-likeness (QED) is 0.245.